The summed E-state index contributed by atoms with van der Waals surface area (Å²) in [7, 11) is 1.87. The second kappa shape index (κ2) is 3.13. The van der Waals surface area contributed by atoms with Crippen molar-refractivity contribution in [2.24, 2.45) is 7.05 Å². The lowest BCUT2D eigenvalue weighted by Crippen LogP contribution is -1.92. The van der Waals surface area contributed by atoms with Crippen LogP contribution >= 0.6 is 0 Å². The zero-order chi connectivity index (χ0) is 12.2. The van der Waals surface area contributed by atoms with E-state index in [1.54, 1.807) is 11.6 Å². The third kappa shape index (κ3) is 1.33. The molecule has 0 saturated carbocycles. The Morgan fingerprint density at radius 2 is 2.06 bits per heavy atom. The summed E-state index contributed by atoms with van der Waals surface area (Å²) in [6, 6.07) is 1.90. The first-order valence-electron chi connectivity index (χ1n) is 5.22. The van der Waals surface area contributed by atoms with Gasteiger partial charge in [-0.3, -0.25) is 4.68 Å². The highest BCUT2D eigenvalue weighted by molar-refractivity contribution is 5.84. The molecule has 3 rings (SSSR count). The van der Waals surface area contributed by atoms with Crippen LogP contribution in [0.3, 0.4) is 0 Å². The molecule has 0 atom stereocenters. The summed E-state index contributed by atoms with van der Waals surface area (Å²) in [6.07, 6.45) is 0. The number of aryl methyl sites for hydroxylation is 3. The molecule has 0 aromatic carbocycles. The summed E-state index contributed by atoms with van der Waals surface area (Å²) in [5.41, 5.74) is 8.91. The highest BCUT2D eigenvalue weighted by Crippen LogP contribution is 2.31. The van der Waals surface area contributed by atoms with Crippen LogP contribution in [0.5, 0.6) is 0 Å². The number of oxazole rings is 1. The van der Waals surface area contributed by atoms with Gasteiger partial charge in [0.1, 0.15) is 17.1 Å². The van der Waals surface area contributed by atoms with E-state index in [2.05, 4.69) is 10.1 Å². The molecule has 3 aromatic rings. The Bertz CT molecular complexity index is 685. The Kier molecular flexibility index (Phi) is 1.83. The summed E-state index contributed by atoms with van der Waals surface area (Å²) in [4.78, 5) is 4.23. The van der Waals surface area contributed by atoms with E-state index in [4.69, 9.17) is 14.6 Å². The first-order chi connectivity index (χ1) is 8.06. The van der Waals surface area contributed by atoms with Crippen LogP contribution in [0.2, 0.25) is 0 Å². The molecule has 0 unspecified atom stereocenters. The molecule has 0 aliphatic carbocycles. The molecule has 6 heteroatoms. The number of fused-ring (bicyclic) bond motifs is 1. The van der Waals surface area contributed by atoms with E-state index in [-0.39, 0.29) is 0 Å². The number of anilines is 1. The van der Waals surface area contributed by atoms with Crippen LogP contribution in [0, 0.1) is 13.8 Å². The zero-order valence-electron chi connectivity index (χ0n) is 9.81. The zero-order valence-corrected chi connectivity index (χ0v) is 9.81. The van der Waals surface area contributed by atoms with Gasteiger partial charge in [0.25, 0.3) is 11.6 Å². The fraction of sp³-hybridized carbons (Fsp3) is 0.273. The van der Waals surface area contributed by atoms with Crippen LogP contribution in [-0.2, 0) is 7.05 Å². The van der Waals surface area contributed by atoms with Crippen molar-refractivity contribution in [2.45, 2.75) is 13.8 Å². The maximum absolute atomic E-state index is 5.81. The summed E-state index contributed by atoms with van der Waals surface area (Å²) in [6.45, 7) is 3.74. The van der Waals surface area contributed by atoms with Crippen LogP contribution in [-0.4, -0.2) is 14.8 Å². The molecule has 3 aromatic heterocycles. The summed E-state index contributed by atoms with van der Waals surface area (Å²) in [5.74, 6) is 1.05. The van der Waals surface area contributed by atoms with E-state index in [0.717, 1.165) is 5.69 Å². The monoisotopic (exact) mass is 232 g/mol. The van der Waals surface area contributed by atoms with Crippen molar-refractivity contribution >= 4 is 17.0 Å². The van der Waals surface area contributed by atoms with Crippen molar-refractivity contribution in [3.05, 3.63) is 17.5 Å². The molecule has 0 bridgehead atoms. The maximum Gasteiger partial charge on any atom is 0.268 e. The Hall–Kier alpha value is -2.24. The molecule has 3 heterocycles. The molecule has 0 fully saturated rings. The highest BCUT2D eigenvalue weighted by Gasteiger charge is 2.18. The summed E-state index contributed by atoms with van der Waals surface area (Å²) < 4.78 is 12.7. The van der Waals surface area contributed by atoms with E-state index >= 15 is 0 Å². The summed E-state index contributed by atoms with van der Waals surface area (Å²) >= 11 is 0. The number of furan rings is 1. The first-order valence-corrected chi connectivity index (χ1v) is 5.22. The quantitative estimate of drug-likeness (QED) is 0.694. The highest BCUT2D eigenvalue weighted by atomic mass is 16.4. The largest absolute Gasteiger partial charge is 0.438 e. The Morgan fingerprint density at radius 1 is 1.29 bits per heavy atom. The number of hydrogen-bond acceptors (Lipinski definition) is 5. The maximum atomic E-state index is 5.81. The van der Waals surface area contributed by atoms with Gasteiger partial charge in [-0.2, -0.15) is 10.1 Å². The molecule has 0 aliphatic rings. The van der Waals surface area contributed by atoms with Crippen LogP contribution < -0.4 is 5.73 Å². The summed E-state index contributed by atoms with van der Waals surface area (Å²) in [5, 5.41) is 4.29. The van der Waals surface area contributed by atoms with Gasteiger partial charge >= 0.3 is 0 Å². The molecule has 0 radical (unpaired) electrons. The van der Waals surface area contributed by atoms with Crippen LogP contribution in [0.4, 0.5) is 5.69 Å². The third-order valence-electron chi connectivity index (χ3n) is 2.80. The minimum Gasteiger partial charge on any atom is -0.438 e. The smallest absolute Gasteiger partial charge is 0.268 e. The molecule has 2 N–H and O–H groups in total. The number of nitrogen functional groups attached to an aromatic ring is 1. The average molecular weight is 232 g/mol. The van der Waals surface area contributed by atoms with E-state index in [0.29, 0.717) is 34.3 Å². The lowest BCUT2D eigenvalue weighted by Gasteiger charge is -1.89. The van der Waals surface area contributed by atoms with Crippen LogP contribution in [0.15, 0.2) is 14.9 Å². The Labute approximate surface area is 97.0 Å². The lowest BCUT2D eigenvalue weighted by atomic mass is 10.4. The lowest BCUT2D eigenvalue weighted by molar-refractivity contribution is 0.570. The van der Waals surface area contributed by atoms with Gasteiger partial charge in [-0.05, 0) is 19.9 Å². The Morgan fingerprint density at radius 3 is 2.65 bits per heavy atom. The van der Waals surface area contributed by atoms with Gasteiger partial charge in [-0.15, -0.1) is 0 Å². The first kappa shape index (κ1) is 9.95. The standard InChI is InChI=1S/C11H12N4O2/c1-5-4-7(14-15(5)3)10-13-11-9(17-10)8(12)6(2)16-11/h4H,12H2,1-3H3. The molecule has 0 spiro atoms. The van der Waals surface area contributed by atoms with Crippen molar-refractivity contribution in [1.29, 1.82) is 0 Å². The van der Waals surface area contributed by atoms with Crippen molar-refractivity contribution in [3.63, 3.8) is 0 Å². The number of rotatable bonds is 1. The minimum absolute atomic E-state index is 0.415. The molecule has 6 nitrogen and oxygen atoms in total. The topological polar surface area (TPSA) is 83.0 Å². The predicted octanol–water partition coefficient (Wildman–Crippen LogP) is 2.02. The van der Waals surface area contributed by atoms with Crippen molar-refractivity contribution < 1.29 is 8.83 Å². The van der Waals surface area contributed by atoms with Crippen molar-refractivity contribution in [3.8, 4) is 11.6 Å². The molecule has 88 valence electrons. The van der Waals surface area contributed by atoms with Gasteiger partial charge in [0.15, 0.2) is 0 Å². The number of aromatic nitrogens is 3. The average Bonchev–Trinajstić information content (AvgIpc) is 2.88. The molecular formula is C11H12N4O2. The van der Waals surface area contributed by atoms with Gasteiger partial charge in [-0.1, -0.05) is 0 Å². The van der Waals surface area contributed by atoms with Crippen LogP contribution in [0.1, 0.15) is 11.5 Å². The SMILES string of the molecule is Cc1oc2nc(-c3cc(C)n(C)n3)oc2c1N. The minimum atomic E-state index is 0.415. The van der Waals surface area contributed by atoms with Gasteiger partial charge in [0, 0.05) is 12.7 Å². The fourth-order valence-corrected chi connectivity index (χ4v) is 1.68. The number of hydrogen-bond donors (Lipinski definition) is 1. The molecule has 0 aliphatic heterocycles. The van der Waals surface area contributed by atoms with E-state index in [9.17, 15) is 0 Å². The second-order valence-electron chi connectivity index (χ2n) is 4.02. The van der Waals surface area contributed by atoms with Gasteiger partial charge in [-0.25, -0.2) is 0 Å². The predicted molar refractivity (Wildman–Crippen MR) is 62.4 cm³/mol. The van der Waals surface area contributed by atoms with Crippen molar-refractivity contribution in [2.75, 3.05) is 5.73 Å². The van der Waals surface area contributed by atoms with Gasteiger partial charge in [0.2, 0.25) is 5.58 Å². The normalized spacial score (nSPS) is 11.5. The number of nitrogens with zero attached hydrogens (tertiary/aromatic N) is 3. The second-order valence-corrected chi connectivity index (χ2v) is 4.02. The molecule has 0 amide bonds. The molecular weight excluding hydrogens is 220 g/mol. The van der Waals surface area contributed by atoms with Gasteiger partial charge < -0.3 is 14.6 Å². The number of nitrogens with two attached hydrogens (primary N) is 1. The van der Waals surface area contributed by atoms with E-state index in [1.807, 2.05) is 20.0 Å². The molecule has 17 heavy (non-hydrogen) atoms. The molecule has 0 saturated heterocycles. The van der Waals surface area contributed by atoms with Crippen molar-refractivity contribution in [1.82, 2.24) is 14.8 Å². The van der Waals surface area contributed by atoms with Gasteiger partial charge in [0.05, 0.1) is 0 Å². The van der Waals surface area contributed by atoms with E-state index < -0.39 is 0 Å². The third-order valence-corrected chi connectivity index (χ3v) is 2.80. The van der Waals surface area contributed by atoms with Crippen LogP contribution in [0.25, 0.3) is 22.9 Å². The van der Waals surface area contributed by atoms with E-state index in [1.165, 1.54) is 0 Å². The Balaban J connectivity index is 2.18. The fourth-order valence-electron chi connectivity index (χ4n) is 1.68.